The number of amides is 2. The van der Waals surface area contributed by atoms with Gasteiger partial charge in [0.15, 0.2) is 17.0 Å². The third-order valence-corrected chi connectivity index (χ3v) is 5.61. The number of anilines is 1. The summed E-state index contributed by atoms with van der Waals surface area (Å²) in [4.78, 5) is 49.1. The van der Waals surface area contributed by atoms with E-state index in [-0.39, 0.29) is 18.4 Å². The van der Waals surface area contributed by atoms with Gasteiger partial charge in [0, 0.05) is 25.5 Å². The molecular weight excluding hydrogens is 422 g/mol. The SMILES string of the molecule is CC[C@@H](Nc1ncnc2c1nc(-c1cnc(C)nc1)n2CC)C(=O)N1CC(=O)NC(C)(C)C1. The quantitative estimate of drug-likeness (QED) is 0.577. The average molecular weight is 452 g/mol. The van der Waals surface area contributed by atoms with Crippen molar-refractivity contribution >= 4 is 28.8 Å². The lowest BCUT2D eigenvalue weighted by atomic mass is 10.0. The van der Waals surface area contributed by atoms with Gasteiger partial charge in [0.05, 0.1) is 17.6 Å². The van der Waals surface area contributed by atoms with Gasteiger partial charge in [-0.25, -0.2) is 24.9 Å². The van der Waals surface area contributed by atoms with Crippen LogP contribution >= 0.6 is 0 Å². The summed E-state index contributed by atoms with van der Waals surface area (Å²) in [6.45, 7) is 10.7. The number of hydrogen-bond donors (Lipinski definition) is 2. The number of fused-ring (bicyclic) bond motifs is 1. The Hall–Kier alpha value is -3.63. The molecule has 33 heavy (non-hydrogen) atoms. The topological polar surface area (TPSA) is 131 Å². The van der Waals surface area contributed by atoms with Gasteiger partial charge in [0.1, 0.15) is 24.0 Å². The zero-order valence-corrected chi connectivity index (χ0v) is 19.6. The van der Waals surface area contributed by atoms with Gasteiger partial charge in [-0.15, -0.1) is 0 Å². The molecule has 1 aliphatic rings. The summed E-state index contributed by atoms with van der Waals surface area (Å²) in [5.74, 6) is 1.53. The molecule has 174 valence electrons. The summed E-state index contributed by atoms with van der Waals surface area (Å²) < 4.78 is 1.97. The molecule has 0 aromatic carbocycles. The standard InChI is InChI=1S/C22H29N9O2/c1-6-15(21(33)30-10-16(32)29-22(4,5)11-30)27-18-17-20(26-12-25-18)31(7-2)19(28-17)14-8-23-13(3)24-9-14/h8-9,12,15H,6-7,10-11H2,1-5H3,(H,29,32)(H,25,26,27)/t15-/m1/s1. The average Bonchev–Trinajstić information content (AvgIpc) is 3.15. The summed E-state index contributed by atoms with van der Waals surface area (Å²) in [6, 6.07) is -0.553. The minimum Gasteiger partial charge on any atom is -0.356 e. The smallest absolute Gasteiger partial charge is 0.245 e. The summed E-state index contributed by atoms with van der Waals surface area (Å²) in [7, 11) is 0. The summed E-state index contributed by atoms with van der Waals surface area (Å²) in [6.07, 6.45) is 5.45. The maximum atomic E-state index is 13.3. The van der Waals surface area contributed by atoms with Crippen LogP contribution in [0.3, 0.4) is 0 Å². The molecule has 0 spiro atoms. The molecule has 11 nitrogen and oxygen atoms in total. The van der Waals surface area contributed by atoms with Crippen LogP contribution in [0.5, 0.6) is 0 Å². The van der Waals surface area contributed by atoms with Crippen molar-refractivity contribution in [1.82, 2.24) is 39.7 Å². The van der Waals surface area contributed by atoms with Crippen molar-refractivity contribution in [3.8, 4) is 11.4 Å². The van der Waals surface area contributed by atoms with Crippen molar-refractivity contribution in [2.75, 3.05) is 18.4 Å². The van der Waals surface area contributed by atoms with Crippen LogP contribution in [-0.4, -0.2) is 70.9 Å². The summed E-state index contributed by atoms with van der Waals surface area (Å²) in [5.41, 5.74) is 1.52. The van der Waals surface area contributed by atoms with E-state index in [1.54, 1.807) is 17.3 Å². The number of carbonyl (C=O) groups excluding carboxylic acids is 2. The highest BCUT2D eigenvalue weighted by molar-refractivity contribution is 5.93. The molecule has 2 amide bonds. The lowest BCUT2D eigenvalue weighted by molar-refractivity contribution is -0.141. The molecule has 0 radical (unpaired) electrons. The van der Waals surface area contributed by atoms with Gasteiger partial charge < -0.3 is 20.1 Å². The fourth-order valence-electron chi connectivity index (χ4n) is 4.11. The van der Waals surface area contributed by atoms with Gasteiger partial charge in [-0.1, -0.05) is 6.92 Å². The van der Waals surface area contributed by atoms with E-state index < -0.39 is 11.6 Å². The molecule has 4 rings (SSSR count). The van der Waals surface area contributed by atoms with Gasteiger partial charge in [-0.05, 0) is 34.1 Å². The first-order chi connectivity index (χ1) is 15.7. The summed E-state index contributed by atoms with van der Waals surface area (Å²) >= 11 is 0. The number of aryl methyl sites for hydroxylation is 2. The maximum absolute atomic E-state index is 13.3. The molecule has 0 aliphatic carbocycles. The fraction of sp³-hybridized carbons (Fsp3) is 0.500. The predicted octanol–water partition coefficient (Wildman–Crippen LogP) is 1.54. The highest BCUT2D eigenvalue weighted by atomic mass is 16.2. The fourth-order valence-corrected chi connectivity index (χ4v) is 4.11. The van der Waals surface area contributed by atoms with Gasteiger partial charge in [-0.2, -0.15) is 0 Å². The second-order valence-corrected chi connectivity index (χ2v) is 8.82. The van der Waals surface area contributed by atoms with E-state index in [0.29, 0.717) is 48.1 Å². The number of nitrogens with one attached hydrogen (secondary N) is 2. The van der Waals surface area contributed by atoms with Crippen LogP contribution in [0, 0.1) is 6.92 Å². The second-order valence-electron chi connectivity index (χ2n) is 8.82. The molecule has 1 aliphatic heterocycles. The Bertz CT molecular complexity index is 1190. The molecule has 0 bridgehead atoms. The van der Waals surface area contributed by atoms with Gasteiger partial charge in [0.25, 0.3) is 0 Å². The van der Waals surface area contributed by atoms with Crippen LogP contribution in [0.25, 0.3) is 22.6 Å². The Morgan fingerprint density at radius 1 is 1.21 bits per heavy atom. The predicted molar refractivity (Wildman–Crippen MR) is 123 cm³/mol. The second kappa shape index (κ2) is 8.72. The molecule has 3 aromatic rings. The first kappa shape index (κ1) is 22.6. The van der Waals surface area contributed by atoms with E-state index in [4.69, 9.17) is 4.98 Å². The minimum absolute atomic E-state index is 0.0433. The highest BCUT2D eigenvalue weighted by Gasteiger charge is 2.35. The van der Waals surface area contributed by atoms with Crippen molar-refractivity contribution in [3.63, 3.8) is 0 Å². The van der Waals surface area contributed by atoms with Crippen molar-refractivity contribution in [1.29, 1.82) is 0 Å². The van der Waals surface area contributed by atoms with Crippen molar-refractivity contribution in [2.24, 2.45) is 0 Å². The molecule has 3 aromatic heterocycles. The van der Waals surface area contributed by atoms with E-state index >= 15 is 0 Å². The zero-order chi connectivity index (χ0) is 23.8. The zero-order valence-electron chi connectivity index (χ0n) is 19.6. The minimum atomic E-state index is -0.553. The lowest BCUT2D eigenvalue weighted by Gasteiger charge is -2.39. The summed E-state index contributed by atoms with van der Waals surface area (Å²) in [5, 5.41) is 6.16. The molecule has 0 saturated carbocycles. The Labute approximate surface area is 192 Å². The number of hydrogen-bond acceptors (Lipinski definition) is 8. The van der Waals surface area contributed by atoms with Gasteiger partial charge in [-0.3, -0.25) is 9.59 Å². The number of imidazole rings is 1. The van der Waals surface area contributed by atoms with Crippen LogP contribution < -0.4 is 10.6 Å². The van der Waals surface area contributed by atoms with E-state index in [1.165, 1.54) is 6.33 Å². The number of aromatic nitrogens is 6. The monoisotopic (exact) mass is 451 g/mol. The molecular formula is C22H29N9O2. The molecule has 0 unspecified atom stereocenters. The Morgan fingerprint density at radius 2 is 1.94 bits per heavy atom. The molecule has 1 atom stereocenters. The van der Waals surface area contributed by atoms with Crippen molar-refractivity contribution < 1.29 is 9.59 Å². The third-order valence-electron chi connectivity index (χ3n) is 5.61. The van der Waals surface area contributed by atoms with Gasteiger partial charge in [0.2, 0.25) is 11.8 Å². The van der Waals surface area contributed by atoms with Gasteiger partial charge >= 0.3 is 0 Å². The van der Waals surface area contributed by atoms with Crippen LogP contribution in [0.2, 0.25) is 0 Å². The van der Waals surface area contributed by atoms with Crippen LogP contribution in [0.1, 0.15) is 39.9 Å². The first-order valence-electron chi connectivity index (χ1n) is 11.1. The van der Waals surface area contributed by atoms with Crippen molar-refractivity contribution in [2.45, 2.75) is 59.2 Å². The Morgan fingerprint density at radius 3 is 2.58 bits per heavy atom. The number of rotatable bonds is 6. The maximum Gasteiger partial charge on any atom is 0.245 e. The van der Waals surface area contributed by atoms with Crippen LogP contribution in [-0.2, 0) is 16.1 Å². The van der Waals surface area contributed by atoms with E-state index in [0.717, 1.165) is 5.56 Å². The van der Waals surface area contributed by atoms with E-state index in [1.807, 2.05) is 39.2 Å². The Balaban J connectivity index is 1.67. The number of piperazine rings is 1. The number of carbonyl (C=O) groups is 2. The molecule has 1 saturated heterocycles. The van der Waals surface area contributed by atoms with Crippen molar-refractivity contribution in [3.05, 3.63) is 24.5 Å². The molecule has 1 fully saturated rings. The lowest BCUT2D eigenvalue weighted by Crippen LogP contribution is -2.62. The normalized spacial score (nSPS) is 16.5. The third kappa shape index (κ3) is 4.48. The molecule has 4 heterocycles. The highest BCUT2D eigenvalue weighted by Crippen LogP contribution is 2.27. The molecule has 2 N–H and O–H groups in total. The molecule has 11 heteroatoms. The number of nitrogens with zero attached hydrogens (tertiary/aromatic N) is 7. The van der Waals surface area contributed by atoms with E-state index in [9.17, 15) is 9.59 Å². The van der Waals surface area contributed by atoms with Crippen LogP contribution in [0.15, 0.2) is 18.7 Å². The Kier molecular flexibility index (Phi) is 5.96. The first-order valence-corrected chi connectivity index (χ1v) is 11.1. The van der Waals surface area contributed by atoms with Crippen LogP contribution in [0.4, 0.5) is 5.82 Å². The van der Waals surface area contributed by atoms with E-state index in [2.05, 4.69) is 30.6 Å². The largest absolute Gasteiger partial charge is 0.356 e.